The number of benzene rings is 2. The summed E-state index contributed by atoms with van der Waals surface area (Å²) in [6, 6.07) is 18.5. The number of sulfonamides is 1. The van der Waals surface area contributed by atoms with Crippen LogP contribution < -0.4 is 14.8 Å². The van der Waals surface area contributed by atoms with E-state index in [2.05, 4.69) is 35.8 Å². The van der Waals surface area contributed by atoms with Crippen molar-refractivity contribution in [2.45, 2.75) is 44.1 Å². The molecule has 3 rings (SSSR count). The number of amides is 1. The Morgan fingerprint density at radius 3 is 2.19 bits per heavy atom. The Labute approximate surface area is 188 Å². The van der Waals surface area contributed by atoms with Crippen LogP contribution in [0.4, 0.5) is 11.5 Å². The van der Waals surface area contributed by atoms with Gasteiger partial charge >= 0.3 is 0 Å². The summed E-state index contributed by atoms with van der Waals surface area (Å²) in [6.45, 7) is 8.04. The molecule has 0 aliphatic carbocycles. The van der Waals surface area contributed by atoms with Crippen LogP contribution in [0.2, 0.25) is 0 Å². The van der Waals surface area contributed by atoms with Crippen LogP contribution in [0.5, 0.6) is 5.75 Å². The lowest BCUT2D eigenvalue weighted by molar-refractivity contribution is -0.122. The fourth-order valence-electron chi connectivity index (χ4n) is 2.87. The highest BCUT2D eigenvalue weighted by atomic mass is 32.2. The Balaban J connectivity index is 1.60. The predicted octanol–water partition coefficient (Wildman–Crippen LogP) is 4.59. The monoisotopic (exact) mass is 453 g/mol. The SMILES string of the molecule is C[C@@H](Oc1ccc(C(C)(C)C)cc1)C(=O)Nc1ccc(S(=O)(=O)Nc2ccccn2)cc1. The molecule has 0 unspecified atom stereocenters. The lowest BCUT2D eigenvalue weighted by atomic mass is 9.87. The smallest absolute Gasteiger partial charge is 0.265 e. The summed E-state index contributed by atoms with van der Waals surface area (Å²) in [6.07, 6.45) is 0.767. The molecule has 7 nitrogen and oxygen atoms in total. The second-order valence-corrected chi connectivity index (χ2v) is 10.1. The van der Waals surface area contributed by atoms with Gasteiger partial charge in [0.25, 0.3) is 15.9 Å². The van der Waals surface area contributed by atoms with E-state index in [0.717, 1.165) is 0 Å². The molecule has 2 N–H and O–H groups in total. The van der Waals surface area contributed by atoms with Gasteiger partial charge in [-0.05, 0) is 66.4 Å². The third kappa shape index (κ3) is 6.07. The van der Waals surface area contributed by atoms with Crippen molar-refractivity contribution in [1.29, 1.82) is 0 Å². The lowest BCUT2D eigenvalue weighted by Crippen LogP contribution is -2.30. The Morgan fingerprint density at radius 2 is 1.62 bits per heavy atom. The van der Waals surface area contributed by atoms with Gasteiger partial charge in [-0.2, -0.15) is 0 Å². The van der Waals surface area contributed by atoms with Crippen molar-refractivity contribution >= 4 is 27.4 Å². The van der Waals surface area contributed by atoms with Crippen molar-refractivity contribution in [3.8, 4) is 5.75 Å². The van der Waals surface area contributed by atoms with Gasteiger partial charge in [-0.1, -0.05) is 39.0 Å². The first-order chi connectivity index (χ1) is 15.0. The molecule has 0 bridgehead atoms. The summed E-state index contributed by atoms with van der Waals surface area (Å²) in [4.78, 5) is 16.5. The average molecular weight is 454 g/mol. The number of nitrogens with zero attached hydrogens (tertiary/aromatic N) is 1. The van der Waals surface area contributed by atoms with Crippen LogP contribution in [0, 0.1) is 0 Å². The number of ether oxygens (including phenoxy) is 1. The van der Waals surface area contributed by atoms with Gasteiger partial charge in [-0.15, -0.1) is 0 Å². The molecular weight excluding hydrogens is 426 g/mol. The molecule has 1 amide bonds. The first-order valence-electron chi connectivity index (χ1n) is 10.2. The van der Waals surface area contributed by atoms with E-state index in [1.807, 2.05) is 24.3 Å². The van der Waals surface area contributed by atoms with E-state index in [1.165, 1.54) is 36.0 Å². The summed E-state index contributed by atoms with van der Waals surface area (Å²) in [5, 5.41) is 2.73. The molecule has 0 radical (unpaired) electrons. The first kappa shape index (κ1) is 23.3. The molecule has 8 heteroatoms. The zero-order valence-electron chi connectivity index (χ0n) is 18.5. The third-order valence-electron chi connectivity index (χ3n) is 4.74. The molecular formula is C24H27N3O4S. The van der Waals surface area contributed by atoms with E-state index >= 15 is 0 Å². The Kier molecular flexibility index (Phi) is 6.84. The van der Waals surface area contributed by atoms with Gasteiger partial charge in [0.2, 0.25) is 0 Å². The molecule has 0 fully saturated rings. The minimum atomic E-state index is -3.78. The summed E-state index contributed by atoms with van der Waals surface area (Å²) >= 11 is 0. The lowest BCUT2D eigenvalue weighted by Gasteiger charge is -2.20. The van der Waals surface area contributed by atoms with Crippen LogP contribution in [0.15, 0.2) is 77.8 Å². The van der Waals surface area contributed by atoms with Gasteiger partial charge in [0.15, 0.2) is 6.10 Å². The average Bonchev–Trinajstić information content (AvgIpc) is 2.74. The third-order valence-corrected chi connectivity index (χ3v) is 6.11. The predicted molar refractivity (Wildman–Crippen MR) is 125 cm³/mol. The highest BCUT2D eigenvalue weighted by Crippen LogP contribution is 2.25. The number of rotatable bonds is 7. The largest absolute Gasteiger partial charge is 0.481 e. The summed E-state index contributed by atoms with van der Waals surface area (Å²) in [5.41, 5.74) is 1.67. The van der Waals surface area contributed by atoms with Gasteiger partial charge in [-0.3, -0.25) is 9.52 Å². The van der Waals surface area contributed by atoms with Crippen molar-refractivity contribution in [2.24, 2.45) is 0 Å². The number of pyridine rings is 1. The van der Waals surface area contributed by atoms with Gasteiger partial charge in [0.05, 0.1) is 4.90 Å². The summed E-state index contributed by atoms with van der Waals surface area (Å²) in [5.74, 6) is 0.487. The number of hydrogen-bond acceptors (Lipinski definition) is 5. The standard InChI is InChI=1S/C24H27N3O4S/c1-17(31-20-12-8-18(9-13-20)24(2,3)4)23(28)26-19-10-14-21(15-11-19)32(29,30)27-22-7-5-6-16-25-22/h5-17H,1-4H3,(H,25,27)(H,26,28)/t17-/m1/s1. The summed E-state index contributed by atoms with van der Waals surface area (Å²) < 4.78 is 33.1. The molecule has 2 aromatic carbocycles. The maximum atomic E-state index is 12.5. The number of hydrogen-bond donors (Lipinski definition) is 2. The molecule has 32 heavy (non-hydrogen) atoms. The topological polar surface area (TPSA) is 97.4 Å². The summed E-state index contributed by atoms with van der Waals surface area (Å²) in [7, 11) is -3.78. The molecule has 0 saturated heterocycles. The Hall–Kier alpha value is -3.39. The number of nitrogens with one attached hydrogen (secondary N) is 2. The van der Waals surface area contributed by atoms with Crippen LogP contribution in [0.3, 0.4) is 0 Å². The second-order valence-electron chi connectivity index (χ2n) is 8.37. The fourth-order valence-corrected chi connectivity index (χ4v) is 3.88. The zero-order valence-corrected chi connectivity index (χ0v) is 19.3. The molecule has 0 saturated carbocycles. The number of carbonyl (C=O) groups excluding carboxylic acids is 1. The maximum Gasteiger partial charge on any atom is 0.265 e. The van der Waals surface area contributed by atoms with Crippen molar-refractivity contribution in [3.05, 3.63) is 78.5 Å². The van der Waals surface area contributed by atoms with Crippen LogP contribution in [-0.2, 0) is 20.2 Å². The Morgan fingerprint density at radius 1 is 0.969 bits per heavy atom. The molecule has 0 spiro atoms. The van der Waals surface area contributed by atoms with Crippen LogP contribution in [0.25, 0.3) is 0 Å². The van der Waals surface area contributed by atoms with E-state index in [0.29, 0.717) is 11.4 Å². The van der Waals surface area contributed by atoms with Crippen molar-refractivity contribution in [1.82, 2.24) is 4.98 Å². The highest BCUT2D eigenvalue weighted by molar-refractivity contribution is 7.92. The minimum absolute atomic E-state index is 0.0360. The zero-order chi connectivity index (χ0) is 23.4. The van der Waals surface area contributed by atoms with Crippen molar-refractivity contribution in [2.75, 3.05) is 10.0 Å². The van der Waals surface area contributed by atoms with Crippen LogP contribution in [0.1, 0.15) is 33.3 Å². The normalized spacial score (nSPS) is 12.6. The van der Waals surface area contributed by atoms with Gasteiger partial charge in [-0.25, -0.2) is 13.4 Å². The molecule has 1 atom stereocenters. The second kappa shape index (κ2) is 9.40. The fraction of sp³-hybridized carbons (Fsp3) is 0.250. The molecule has 0 aliphatic heterocycles. The first-order valence-corrected chi connectivity index (χ1v) is 11.6. The molecule has 1 aromatic heterocycles. The highest BCUT2D eigenvalue weighted by Gasteiger charge is 2.18. The van der Waals surface area contributed by atoms with Crippen molar-refractivity contribution in [3.63, 3.8) is 0 Å². The molecule has 1 heterocycles. The number of aromatic nitrogens is 1. The molecule has 3 aromatic rings. The van der Waals surface area contributed by atoms with E-state index in [4.69, 9.17) is 4.74 Å². The molecule has 0 aliphatic rings. The van der Waals surface area contributed by atoms with Gasteiger partial charge in [0, 0.05) is 11.9 Å². The van der Waals surface area contributed by atoms with Gasteiger partial charge in [0.1, 0.15) is 11.6 Å². The van der Waals surface area contributed by atoms with E-state index < -0.39 is 16.1 Å². The molecule has 168 valence electrons. The minimum Gasteiger partial charge on any atom is -0.481 e. The van der Waals surface area contributed by atoms with Gasteiger partial charge < -0.3 is 10.1 Å². The maximum absolute atomic E-state index is 12.5. The van der Waals surface area contributed by atoms with Crippen molar-refractivity contribution < 1.29 is 17.9 Å². The number of carbonyl (C=O) groups is 1. The van der Waals surface area contributed by atoms with Crippen LogP contribution in [-0.4, -0.2) is 25.4 Å². The quantitative estimate of drug-likeness (QED) is 0.545. The number of anilines is 2. The van der Waals surface area contributed by atoms with E-state index in [1.54, 1.807) is 25.1 Å². The van der Waals surface area contributed by atoms with Crippen LogP contribution >= 0.6 is 0 Å². The van der Waals surface area contributed by atoms with E-state index in [9.17, 15) is 13.2 Å². The van der Waals surface area contributed by atoms with E-state index in [-0.39, 0.29) is 22.0 Å². The Bertz CT molecular complexity index is 1150.